The third-order valence-corrected chi connectivity index (χ3v) is 4.17. The van der Waals surface area contributed by atoms with Gasteiger partial charge in [0.1, 0.15) is 22.4 Å². The lowest BCUT2D eigenvalue weighted by molar-refractivity contribution is 0.717. The van der Waals surface area contributed by atoms with Crippen molar-refractivity contribution in [2.45, 2.75) is 13.0 Å². The van der Waals surface area contributed by atoms with Gasteiger partial charge in [0.25, 0.3) is 0 Å². The number of aromatic nitrogens is 2. The van der Waals surface area contributed by atoms with Crippen LogP contribution >= 0.6 is 15.9 Å². The molecule has 0 fully saturated rings. The molecule has 0 saturated carbocycles. The van der Waals surface area contributed by atoms with Gasteiger partial charge in [-0.3, -0.25) is 0 Å². The van der Waals surface area contributed by atoms with Gasteiger partial charge in [-0.15, -0.1) is 0 Å². The van der Waals surface area contributed by atoms with Crippen molar-refractivity contribution in [2.24, 2.45) is 0 Å². The van der Waals surface area contributed by atoms with Crippen molar-refractivity contribution >= 4 is 27.6 Å². The number of benzene rings is 1. The van der Waals surface area contributed by atoms with Crippen LogP contribution in [-0.4, -0.2) is 23.6 Å². The number of fused-ring (bicyclic) bond motifs is 1. The molecule has 0 amide bonds. The second-order valence-electron chi connectivity index (χ2n) is 4.55. The van der Waals surface area contributed by atoms with Crippen LogP contribution < -0.4 is 10.2 Å². The Morgan fingerprint density at radius 1 is 1.21 bits per heavy atom. The molecule has 3 rings (SSSR count). The normalized spacial score (nSPS) is 14.1. The summed E-state index contributed by atoms with van der Waals surface area (Å²) in [6.45, 7) is 1.88. The van der Waals surface area contributed by atoms with Crippen LogP contribution in [0.2, 0.25) is 0 Å². The summed E-state index contributed by atoms with van der Waals surface area (Å²) in [4.78, 5) is 10.9. The summed E-state index contributed by atoms with van der Waals surface area (Å²) >= 11 is 3.59. The van der Waals surface area contributed by atoms with Crippen molar-refractivity contribution in [1.29, 1.82) is 0 Å². The van der Waals surface area contributed by atoms with Gasteiger partial charge in [-0.25, -0.2) is 9.97 Å². The molecule has 0 saturated heterocycles. The van der Waals surface area contributed by atoms with Crippen LogP contribution in [0.15, 0.2) is 35.1 Å². The van der Waals surface area contributed by atoms with Crippen LogP contribution in [0, 0.1) is 0 Å². The molecule has 0 bridgehead atoms. The van der Waals surface area contributed by atoms with Crippen LogP contribution in [0.1, 0.15) is 11.1 Å². The summed E-state index contributed by atoms with van der Waals surface area (Å²) in [7, 11) is 1.86. The topological polar surface area (TPSA) is 41.1 Å². The Balaban J connectivity index is 1.93. The molecule has 0 spiro atoms. The molecule has 5 heteroatoms. The second-order valence-corrected chi connectivity index (χ2v) is 5.34. The van der Waals surface area contributed by atoms with Crippen molar-refractivity contribution in [3.05, 3.63) is 46.2 Å². The fourth-order valence-electron chi connectivity index (χ4n) is 2.43. The predicted molar refractivity (Wildman–Crippen MR) is 80.5 cm³/mol. The first kappa shape index (κ1) is 12.4. The maximum atomic E-state index is 4.41. The summed E-state index contributed by atoms with van der Waals surface area (Å²) in [6, 6.07) is 8.60. The standard InChI is InChI=1S/C14H15BrN4/c1-16-13-12(15)14(18-9-17-13)19-7-6-10-4-2-3-5-11(10)8-19/h2-5,9H,6-8H2,1H3,(H,16,17,18). The van der Waals surface area contributed by atoms with Crippen molar-refractivity contribution in [1.82, 2.24) is 9.97 Å². The molecular weight excluding hydrogens is 304 g/mol. The fraction of sp³-hybridized carbons (Fsp3) is 0.286. The molecule has 1 aliphatic rings. The van der Waals surface area contributed by atoms with E-state index >= 15 is 0 Å². The van der Waals surface area contributed by atoms with E-state index in [4.69, 9.17) is 0 Å². The monoisotopic (exact) mass is 318 g/mol. The first-order valence-electron chi connectivity index (χ1n) is 6.29. The lowest BCUT2D eigenvalue weighted by Gasteiger charge is -2.30. The van der Waals surface area contributed by atoms with Crippen molar-refractivity contribution in [2.75, 3.05) is 23.8 Å². The van der Waals surface area contributed by atoms with E-state index in [1.807, 2.05) is 7.05 Å². The summed E-state index contributed by atoms with van der Waals surface area (Å²) in [5, 5.41) is 3.07. The number of rotatable bonds is 2. The van der Waals surface area contributed by atoms with Crippen molar-refractivity contribution < 1.29 is 0 Å². The number of hydrogen-bond acceptors (Lipinski definition) is 4. The largest absolute Gasteiger partial charge is 0.372 e. The first-order valence-corrected chi connectivity index (χ1v) is 7.09. The van der Waals surface area contributed by atoms with Gasteiger partial charge in [0.05, 0.1) is 0 Å². The van der Waals surface area contributed by atoms with Crippen LogP contribution in [0.3, 0.4) is 0 Å². The molecule has 0 radical (unpaired) electrons. The van der Waals surface area contributed by atoms with Gasteiger partial charge < -0.3 is 10.2 Å². The zero-order chi connectivity index (χ0) is 13.2. The molecule has 2 aromatic rings. The van der Waals surface area contributed by atoms with Gasteiger partial charge in [-0.2, -0.15) is 0 Å². The minimum absolute atomic E-state index is 0.823. The Labute approximate surface area is 121 Å². The van der Waals surface area contributed by atoms with E-state index in [0.717, 1.165) is 35.6 Å². The number of halogens is 1. The number of anilines is 2. The Kier molecular flexibility index (Phi) is 3.38. The summed E-state index contributed by atoms with van der Waals surface area (Å²) in [5.74, 6) is 1.78. The fourth-order valence-corrected chi connectivity index (χ4v) is 3.09. The zero-order valence-corrected chi connectivity index (χ0v) is 12.3. The van der Waals surface area contributed by atoms with Gasteiger partial charge in [0, 0.05) is 20.1 Å². The highest BCUT2D eigenvalue weighted by Crippen LogP contribution is 2.32. The molecule has 1 aromatic heterocycles. The molecule has 19 heavy (non-hydrogen) atoms. The number of nitrogens with zero attached hydrogens (tertiary/aromatic N) is 3. The van der Waals surface area contributed by atoms with Crippen LogP contribution in [0.5, 0.6) is 0 Å². The number of nitrogens with one attached hydrogen (secondary N) is 1. The predicted octanol–water partition coefficient (Wildman–Crippen LogP) is 2.84. The minimum atomic E-state index is 0.823. The van der Waals surface area contributed by atoms with Crippen LogP contribution in [0.4, 0.5) is 11.6 Å². The van der Waals surface area contributed by atoms with Gasteiger partial charge in [0.15, 0.2) is 0 Å². The molecule has 2 heterocycles. The van der Waals surface area contributed by atoms with Gasteiger partial charge in [-0.05, 0) is 33.5 Å². The molecule has 0 atom stereocenters. The van der Waals surface area contributed by atoms with E-state index in [1.165, 1.54) is 11.1 Å². The maximum Gasteiger partial charge on any atom is 0.148 e. The highest BCUT2D eigenvalue weighted by molar-refractivity contribution is 9.10. The van der Waals surface area contributed by atoms with E-state index in [9.17, 15) is 0 Å². The average molecular weight is 319 g/mol. The van der Waals surface area contributed by atoms with Crippen LogP contribution in [-0.2, 0) is 13.0 Å². The molecule has 1 N–H and O–H groups in total. The quantitative estimate of drug-likeness (QED) is 0.924. The van der Waals surface area contributed by atoms with E-state index < -0.39 is 0 Å². The minimum Gasteiger partial charge on any atom is -0.372 e. The Morgan fingerprint density at radius 3 is 2.79 bits per heavy atom. The molecule has 0 aliphatic carbocycles. The lowest BCUT2D eigenvalue weighted by atomic mass is 10.00. The van der Waals surface area contributed by atoms with Gasteiger partial charge in [-0.1, -0.05) is 24.3 Å². The molecule has 1 aliphatic heterocycles. The van der Waals surface area contributed by atoms with Gasteiger partial charge >= 0.3 is 0 Å². The molecule has 0 unspecified atom stereocenters. The highest BCUT2D eigenvalue weighted by Gasteiger charge is 2.20. The van der Waals surface area contributed by atoms with Gasteiger partial charge in [0.2, 0.25) is 0 Å². The van der Waals surface area contributed by atoms with Crippen molar-refractivity contribution in [3.63, 3.8) is 0 Å². The number of hydrogen-bond donors (Lipinski definition) is 1. The molecule has 4 nitrogen and oxygen atoms in total. The molecular formula is C14H15BrN4. The Bertz CT molecular complexity index is 600. The maximum absolute atomic E-state index is 4.41. The average Bonchev–Trinajstić information content (AvgIpc) is 2.47. The second kappa shape index (κ2) is 5.17. The van der Waals surface area contributed by atoms with E-state index in [0.29, 0.717) is 0 Å². The summed E-state index contributed by atoms with van der Waals surface area (Å²) in [5.41, 5.74) is 2.82. The molecule has 1 aromatic carbocycles. The van der Waals surface area contributed by atoms with E-state index in [2.05, 4.69) is 60.4 Å². The third-order valence-electron chi connectivity index (χ3n) is 3.44. The lowest BCUT2D eigenvalue weighted by Crippen LogP contribution is -2.31. The third kappa shape index (κ3) is 2.30. The Morgan fingerprint density at radius 2 is 2.00 bits per heavy atom. The summed E-state index contributed by atoms with van der Waals surface area (Å²) < 4.78 is 0.928. The van der Waals surface area contributed by atoms with E-state index in [1.54, 1.807) is 6.33 Å². The van der Waals surface area contributed by atoms with E-state index in [-0.39, 0.29) is 0 Å². The molecule has 98 valence electrons. The SMILES string of the molecule is CNc1ncnc(N2CCc3ccccc3C2)c1Br. The zero-order valence-electron chi connectivity index (χ0n) is 10.7. The Hall–Kier alpha value is -1.62. The first-order chi connectivity index (χ1) is 9.29. The van der Waals surface area contributed by atoms with Crippen molar-refractivity contribution in [3.8, 4) is 0 Å². The summed E-state index contributed by atoms with van der Waals surface area (Å²) in [6.07, 6.45) is 2.66. The van der Waals surface area contributed by atoms with Crippen LogP contribution in [0.25, 0.3) is 0 Å². The smallest absolute Gasteiger partial charge is 0.148 e. The highest BCUT2D eigenvalue weighted by atomic mass is 79.9.